The van der Waals surface area contributed by atoms with Gasteiger partial charge in [0.2, 0.25) is 15.9 Å². The van der Waals surface area contributed by atoms with Gasteiger partial charge in [0.05, 0.1) is 35.3 Å². The van der Waals surface area contributed by atoms with Crippen LogP contribution in [0, 0.1) is 0 Å². The molecule has 0 atom stereocenters. The minimum Gasteiger partial charge on any atom is -0.379 e. The second-order valence-corrected chi connectivity index (χ2v) is 9.65. The van der Waals surface area contributed by atoms with Gasteiger partial charge in [0, 0.05) is 24.7 Å². The van der Waals surface area contributed by atoms with Crippen LogP contribution in [-0.2, 0) is 32.6 Å². The molecule has 1 N–H and O–H groups in total. The van der Waals surface area contributed by atoms with Gasteiger partial charge >= 0.3 is 0 Å². The third-order valence-electron chi connectivity index (χ3n) is 5.12. The molecule has 11 heteroatoms. The maximum absolute atomic E-state index is 12.7. The summed E-state index contributed by atoms with van der Waals surface area (Å²) in [4.78, 5) is 29.2. The van der Waals surface area contributed by atoms with E-state index < -0.39 is 10.0 Å². The fourth-order valence-electron chi connectivity index (χ4n) is 3.37. The summed E-state index contributed by atoms with van der Waals surface area (Å²) < 4.78 is 33.2. The molecule has 9 nitrogen and oxygen atoms in total. The summed E-state index contributed by atoms with van der Waals surface area (Å²) >= 11 is 5.92. The summed E-state index contributed by atoms with van der Waals surface area (Å²) in [5.74, 6) is -0.368. The maximum Gasteiger partial charge on any atom is 0.261 e. The number of carbonyl (C=O) groups excluding carboxylic acids is 1. The number of amides is 1. The average Bonchev–Trinajstić information content (AvgIpc) is 2.80. The van der Waals surface area contributed by atoms with Crippen LogP contribution in [-0.4, -0.2) is 54.5 Å². The third kappa shape index (κ3) is 4.83. The van der Waals surface area contributed by atoms with Crippen LogP contribution in [0.1, 0.15) is 5.56 Å². The fraction of sp³-hybridized carbons (Fsp3) is 0.286. The number of rotatable bonds is 6. The maximum atomic E-state index is 12.7. The van der Waals surface area contributed by atoms with E-state index in [0.29, 0.717) is 42.2 Å². The van der Waals surface area contributed by atoms with Crippen molar-refractivity contribution in [3.05, 3.63) is 69.7 Å². The first-order valence-electron chi connectivity index (χ1n) is 9.93. The van der Waals surface area contributed by atoms with Crippen LogP contribution in [0.4, 0.5) is 0 Å². The fourth-order valence-corrected chi connectivity index (χ4v) is 4.94. The number of carbonyl (C=O) groups is 1. The van der Waals surface area contributed by atoms with E-state index in [-0.39, 0.29) is 29.5 Å². The van der Waals surface area contributed by atoms with E-state index in [4.69, 9.17) is 16.3 Å². The summed E-state index contributed by atoms with van der Waals surface area (Å²) in [6.45, 7) is 1.43. The van der Waals surface area contributed by atoms with Crippen molar-refractivity contribution in [2.45, 2.75) is 18.0 Å². The number of morpholine rings is 1. The van der Waals surface area contributed by atoms with Crippen molar-refractivity contribution in [1.29, 1.82) is 0 Å². The number of hydrogen-bond acceptors (Lipinski definition) is 6. The lowest BCUT2D eigenvalue weighted by molar-refractivity contribution is -0.121. The van der Waals surface area contributed by atoms with Crippen LogP contribution in [0.15, 0.2) is 58.5 Å². The van der Waals surface area contributed by atoms with Crippen molar-refractivity contribution >= 4 is 38.4 Å². The number of sulfonamides is 1. The molecule has 2 heterocycles. The van der Waals surface area contributed by atoms with Crippen LogP contribution >= 0.6 is 11.6 Å². The first-order chi connectivity index (χ1) is 15.3. The quantitative estimate of drug-likeness (QED) is 0.575. The van der Waals surface area contributed by atoms with E-state index >= 15 is 0 Å². The molecule has 1 amide bonds. The minimum absolute atomic E-state index is 0.187. The van der Waals surface area contributed by atoms with Gasteiger partial charge in [-0.2, -0.15) is 4.31 Å². The Balaban J connectivity index is 1.38. The number of ether oxygens (including phenoxy) is 1. The Kier molecular flexibility index (Phi) is 6.56. The zero-order valence-corrected chi connectivity index (χ0v) is 18.6. The highest BCUT2D eigenvalue weighted by molar-refractivity contribution is 7.89. The van der Waals surface area contributed by atoms with E-state index in [9.17, 15) is 18.0 Å². The van der Waals surface area contributed by atoms with Gasteiger partial charge in [0.25, 0.3) is 5.56 Å². The Bertz CT molecular complexity index is 1300. The molecule has 1 aliphatic heterocycles. The molecule has 1 aliphatic rings. The lowest BCUT2D eigenvalue weighted by atomic mass is 10.2. The number of nitrogens with zero attached hydrogens (tertiary/aromatic N) is 3. The SMILES string of the molecule is O=C(Cn1cnc2cc(Cl)ccc2c1=O)NCc1ccc(S(=O)(=O)N2CCOCC2)cc1. The van der Waals surface area contributed by atoms with Crippen molar-refractivity contribution in [3.63, 3.8) is 0 Å². The lowest BCUT2D eigenvalue weighted by Crippen LogP contribution is -2.40. The van der Waals surface area contributed by atoms with Crippen molar-refractivity contribution in [3.8, 4) is 0 Å². The predicted octanol–water partition coefficient (Wildman–Crippen LogP) is 1.39. The number of fused-ring (bicyclic) bond motifs is 1. The Hall–Kier alpha value is -2.79. The van der Waals surface area contributed by atoms with Gasteiger partial charge in [0.15, 0.2) is 0 Å². The second kappa shape index (κ2) is 9.37. The van der Waals surface area contributed by atoms with Gasteiger partial charge < -0.3 is 10.1 Å². The summed E-state index contributed by atoms with van der Waals surface area (Å²) in [6, 6.07) is 11.1. The van der Waals surface area contributed by atoms with Gasteiger partial charge in [-0.15, -0.1) is 0 Å². The smallest absolute Gasteiger partial charge is 0.261 e. The summed E-state index contributed by atoms with van der Waals surface area (Å²) in [5.41, 5.74) is 0.865. The number of halogens is 1. The average molecular weight is 477 g/mol. The van der Waals surface area contributed by atoms with Gasteiger partial charge in [-0.05, 0) is 35.9 Å². The third-order valence-corrected chi connectivity index (χ3v) is 7.27. The van der Waals surface area contributed by atoms with Crippen molar-refractivity contribution in [2.24, 2.45) is 0 Å². The summed E-state index contributed by atoms with van der Waals surface area (Å²) in [6.07, 6.45) is 1.31. The summed E-state index contributed by atoms with van der Waals surface area (Å²) in [7, 11) is -3.56. The monoisotopic (exact) mass is 476 g/mol. The van der Waals surface area contributed by atoms with Gasteiger partial charge in [-0.25, -0.2) is 13.4 Å². The molecule has 0 spiro atoms. The van der Waals surface area contributed by atoms with E-state index in [1.807, 2.05) is 0 Å². The molecule has 0 radical (unpaired) electrons. The number of nitrogens with one attached hydrogen (secondary N) is 1. The first kappa shape index (κ1) is 22.4. The topological polar surface area (TPSA) is 111 Å². The molecular formula is C21H21ClN4O5S. The lowest BCUT2D eigenvalue weighted by Gasteiger charge is -2.26. The standard InChI is InChI=1S/C21H21ClN4O5S/c22-16-3-6-18-19(11-16)24-14-25(21(18)28)13-20(27)23-12-15-1-4-17(5-2-15)32(29,30)26-7-9-31-10-8-26/h1-6,11,14H,7-10,12-13H2,(H,23,27). The molecule has 1 aromatic heterocycles. The molecular weight excluding hydrogens is 456 g/mol. The second-order valence-electron chi connectivity index (χ2n) is 7.28. The van der Waals surface area contributed by atoms with Crippen molar-refractivity contribution < 1.29 is 17.9 Å². The molecule has 4 rings (SSSR count). The van der Waals surface area contributed by atoms with Crippen molar-refractivity contribution in [2.75, 3.05) is 26.3 Å². The normalized spacial score (nSPS) is 15.0. The molecule has 2 aromatic carbocycles. The van der Waals surface area contributed by atoms with Crippen LogP contribution in [0.3, 0.4) is 0 Å². The molecule has 1 fully saturated rings. The zero-order chi connectivity index (χ0) is 22.7. The Morgan fingerprint density at radius 2 is 1.84 bits per heavy atom. The molecule has 0 aliphatic carbocycles. The van der Waals surface area contributed by atoms with Gasteiger partial charge in [-0.3, -0.25) is 14.2 Å². The van der Waals surface area contributed by atoms with Crippen LogP contribution in [0.2, 0.25) is 5.02 Å². The Labute approximate surface area is 189 Å². The van der Waals surface area contributed by atoms with Crippen molar-refractivity contribution in [1.82, 2.24) is 19.2 Å². The van der Waals surface area contributed by atoms with Crippen LogP contribution < -0.4 is 10.9 Å². The molecule has 1 saturated heterocycles. The molecule has 0 unspecified atom stereocenters. The largest absolute Gasteiger partial charge is 0.379 e. The molecule has 0 bridgehead atoms. The first-order valence-corrected chi connectivity index (χ1v) is 11.7. The van der Waals surface area contributed by atoms with Crippen LogP contribution in [0.25, 0.3) is 10.9 Å². The Morgan fingerprint density at radius 3 is 2.56 bits per heavy atom. The van der Waals surface area contributed by atoms with Gasteiger partial charge in [0.1, 0.15) is 6.54 Å². The molecule has 0 saturated carbocycles. The molecule has 32 heavy (non-hydrogen) atoms. The van der Waals surface area contributed by atoms with E-state index in [1.165, 1.54) is 27.3 Å². The van der Waals surface area contributed by atoms with E-state index in [1.54, 1.807) is 30.3 Å². The number of hydrogen-bond donors (Lipinski definition) is 1. The predicted molar refractivity (Wildman–Crippen MR) is 119 cm³/mol. The van der Waals surface area contributed by atoms with Gasteiger partial charge in [-0.1, -0.05) is 23.7 Å². The summed E-state index contributed by atoms with van der Waals surface area (Å²) in [5, 5.41) is 3.58. The highest BCUT2D eigenvalue weighted by Gasteiger charge is 2.26. The molecule has 168 valence electrons. The highest BCUT2D eigenvalue weighted by atomic mass is 35.5. The van der Waals surface area contributed by atoms with Crippen LogP contribution in [0.5, 0.6) is 0 Å². The van der Waals surface area contributed by atoms with E-state index in [2.05, 4.69) is 10.3 Å². The minimum atomic E-state index is -3.56. The molecule has 3 aromatic rings. The Morgan fingerprint density at radius 1 is 1.12 bits per heavy atom. The number of aromatic nitrogens is 2. The number of benzene rings is 2. The zero-order valence-electron chi connectivity index (χ0n) is 17.0. The highest BCUT2D eigenvalue weighted by Crippen LogP contribution is 2.18. The van der Waals surface area contributed by atoms with E-state index in [0.717, 1.165) is 5.56 Å².